The Kier molecular flexibility index (Phi) is 3.17. The van der Waals surface area contributed by atoms with E-state index in [1.807, 2.05) is 18.2 Å². The van der Waals surface area contributed by atoms with Crippen LogP contribution in [0.2, 0.25) is 0 Å². The summed E-state index contributed by atoms with van der Waals surface area (Å²) in [5.74, 6) is 0. The number of rotatable bonds is 3. The first-order chi connectivity index (χ1) is 6.86. The van der Waals surface area contributed by atoms with E-state index in [2.05, 4.69) is 17.4 Å². The van der Waals surface area contributed by atoms with Gasteiger partial charge in [0.1, 0.15) is 0 Å². The molecule has 2 N–H and O–H groups in total. The summed E-state index contributed by atoms with van der Waals surface area (Å²) < 4.78 is 0. The summed E-state index contributed by atoms with van der Waals surface area (Å²) in [6.45, 7) is 1.05. The van der Waals surface area contributed by atoms with E-state index < -0.39 is 0 Å². The van der Waals surface area contributed by atoms with Gasteiger partial charge in [-0.25, -0.2) is 0 Å². The van der Waals surface area contributed by atoms with E-state index in [1.165, 1.54) is 12.0 Å². The van der Waals surface area contributed by atoms with Crippen molar-refractivity contribution < 1.29 is 5.11 Å². The summed E-state index contributed by atoms with van der Waals surface area (Å²) in [4.78, 5) is 0. The molecule has 1 aliphatic heterocycles. The monoisotopic (exact) mass is 191 g/mol. The van der Waals surface area contributed by atoms with Gasteiger partial charge in [-0.3, -0.25) is 0 Å². The van der Waals surface area contributed by atoms with Gasteiger partial charge in [0.25, 0.3) is 0 Å². The van der Waals surface area contributed by atoms with Crippen LogP contribution >= 0.6 is 0 Å². The summed E-state index contributed by atoms with van der Waals surface area (Å²) in [5.41, 5.74) is 1.22. The molecule has 2 rings (SSSR count). The minimum Gasteiger partial charge on any atom is -0.391 e. The number of hydrogen-bond donors (Lipinski definition) is 2. The van der Waals surface area contributed by atoms with Crippen LogP contribution in [-0.4, -0.2) is 23.8 Å². The predicted octanol–water partition coefficient (Wildman–Crippen LogP) is 1.34. The second kappa shape index (κ2) is 4.58. The van der Waals surface area contributed by atoms with Gasteiger partial charge < -0.3 is 10.4 Å². The Morgan fingerprint density at radius 1 is 1.36 bits per heavy atom. The van der Waals surface area contributed by atoms with E-state index >= 15 is 0 Å². The molecule has 1 unspecified atom stereocenters. The molecule has 1 aromatic rings. The van der Waals surface area contributed by atoms with Gasteiger partial charge in [-0.1, -0.05) is 30.3 Å². The highest BCUT2D eigenvalue weighted by atomic mass is 16.3. The van der Waals surface area contributed by atoms with E-state index in [4.69, 9.17) is 0 Å². The average molecular weight is 191 g/mol. The van der Waals surface area contributed by atoms with Crippen LogP contribution < -0.4 is 5.32 Å². The summed E-state index contributed by atoms with van der Waals surface area (Å²) in [5, 5.41) is 13.3. The third-order valence-electron chi connectivity index (χ3n) is 2.85. The highest BCUT2D eigenvalue weighted by molar-refractivity contribution is 5.16. The molecule has 0 saturated carbocycles. The maximum Gasteiger partial charge on any atom is 0.0733 e. The molecule has 0 bridgehead atoms. The Morgan fingerprint density at radius 3 is 2.79 bits per heavy atom. The molecular weight excluding hydrogens is 174 g/mol. The maximum atomic E-state index is 9.94. The minimum absolute atomic E-state index is 0.236. The zero-order valence-electron chi connectivity index (χ0n) is 8.32. The van der Waals surface area contributed by atoms with E-state index in [-0.39, 0.29) is 6.10 Å². The molecule has 1 fully saturated rings. The van der Waals surface area contributed by atoms with Crippen LogP contribution in [-0.2, 0) is 6.42 Å². The first kappa shape index (κ1) is 9.69. The molecule has 2 nitrogen and oxygen atoms in total. The lowest BCUT2D eigenvalue weighted by atomic mass is 10.0. The number of nitrogens with one attached hydrogen (secondary N) is 1. The standard InChI is InChI=1S/C12H17NO/c14-12(11-7-4-8-13-11)9-10-5-2-1-3-6-10/h1-3,5-6,11-14H,4,7-9H2/t11-,12?/m0/s1. The molecule has 14 heavy (non-hydrogen) atoms. The van der Waals surface area contributed by atoms with Crippen molar-refractivity contribution in [2.75, 3.05) is 6.54 Å². The topological polar surface area (TPSA) is 32.3 Å². The molecule has 0 radical (unpaired) electrons. The summed E-state index contributed by atoms with van der Waals surface area (Å²) in [6, 6.07) is 10.5. The Bertz CT molecular complexity index is 267. The normalized spacial score (nSPS) is 23.6. The summed E-state index contributed by atoms with van der Waals surface area (Å²) in [7, 11) is 0. The van der Waals surface area contributed by atoms with Crippen molar-refractivity contribution in [3.63, 3.8) is 0 Å². The van der Waals surface area contributed by atoms with Crippen molar-refractivity contribution in [2.24, 2.45) is 0 Å². The number of aliphatic hydroxyl groups excluding tert-OH is 1. The Hall–Kier alpha value is -0.860. The molecule has 0 aliphatic carbocycles. The molecule has 1 heterocycles. The van der Waals surface area contributed by atoms with Gasteiger partial charge in [-0.15, -0.1) is 0 Å². The van der Waals surface area contributed by atoms with Crippen molar-refractivity contribution >= 4 is 0 Å². The zero-order valence-corrected chi connectivity index (χ0v) is 8.32. The SMILES string of the molecule is OC(Cc1ccccc1)[C@@H]1CCCN1. The summed E-state index contributed by atoms with van der Waals surface area (Å²) >= 11 is 0. The van der Waals surface area contributed by atoms with Crippen molar-refractivity contribution in [1.82, 2.24) is 5.32 Å². The highest BCUT2D eigenvalue weighted by Crippen LogP contribution is 2.13. The van der Waals surface area contributed by atoms with Crippen LogP contribution in [0.3, 0.4) is 0 Å². The Labute approximate surface area is 85.0 Å². The van der Waals surface area contributed by atoms with Crippen molar-refractivity contribution in [1.29, 1.82) is 0 Å². The second-order valence-corrected chi connectivity index (χ2v) is 3.96. The minimum atomic E-state index is -0.236. The van der Waals surface area contributed by atoms with E-state index in [0.29, 0.717) is 6.04 Å². The van der Waals surface area contributed by atoms with Crippen LogP contribution in [0.25, 0.3) is 0 Å². The Balaban J connectivity index is 1.90. The number of aliphatic hydroxyl groups is 1. The van der Waals surface area contributed by atoms with E-state index in [1.54, 1.807) is 0 Å². The predicted molar refractivity (Wildman–Crippen MR) is 57.2 cm³/mol. The summed E-state index contributed by atoms with van der Waals surface area (Å²) in [6.07, 6.45) is 2.82. The molecule has 2 heteroatoms. The van der Waals surface area contributed by atoms with Gasteiger partial charge in [-0.2, -0.15) is 0 Å². The fourth-order valence-corrected chi connectivity index (χ4v) is 2.04. The third kappa shape index (κ3) is 2.34. The van der Waals surface area contributed by atoms with Crippen LogP contribution in [0.5, 0.6) is 0 Å². The van der Waals surface area contributed by atoms with Gasteiger partial charge in [-0.05, 0) is 31.4 Å². The fourth-order valence-electron chi connectivity index (χ4n) is 2.04. The lowest BCUT2D eigenvalue weighted by Gasteiger charge is -2.18. The number of hydrogen-bond acceptors (Lipinski definition) is 2. The van der Waals surface area contributed by atoms with Gasteiger partial charge in [0.05, 0.1) is 6.10 Å². The molecule has 1 aromatic carbocycles. The van der Waals surface area contributed by atoms with Crippen LogP contribution in [0, 0.1) is 0 Å². The lowest BCUT2D eigenvalue weighted by molar-refractivity contribution is 0.136. The third-order valence-corrected chi connectivity index (χ3v) is 2.85. The molecule has 0 spiro atoms. The maximum absolute atomic E-state index is 9.94. The first-order valence-electron chi connectivity index (χ1n) is 5.31. The van der Waals surface area contributed by atoms with E-state index in [9.17, 15) is 5.11 Å². The van der Waals surface area contributed by atoms with Crippen molar-refractivity contribution in [2.45, 2.75) is 31.4 Å². The van der Waals surface area contributed by atoms with Crippen LogP contribution in [0.15, 0.2) is 30.3 Å². The highest BCUT2D eigenvalue weighted by Gasteiger charge is 2.22. The fraction of sp³-hybridized carbons (Fsp3) is 0.500. The van der Waals surface area contributed by atoms with Crippen molar-refractivity contribution in [3.8, 4) is 0 Å². The quantitative estimate of drug-likeness (QED) is 0.755. The van der Waals surface area contributed by atoms with Crippen LogP contribution in [0.1, 0.15) is 18.4 Å². The lowest BCUT2D eigenvalue weighted by Crippen LogP contribution is -2.36. The Morgan fingerprint density at radius 2 is 2.14 bits per heavy atom. The average Bonchev–Trinajstić information content (AvgIpc) is 2.72. The molecule has 1 aliphatic rings. The first-order valence-corrected chi connectivity index (χ1v) is 5.31. The molecular formula is C12H17NO. The smallest absolute Gasteiger partial charge is 0.0733 e. The zero-order chi connectivity index (χ0) is 9.80. The molecule has 0 aromatic heterocycles. The van der Waals surface area contributed by atoms with E-state index in [0.717, 1.165) is 19.4 Å². The molecule has 0 amide bonds. The number of benzene rings is 1. The van der Waals surface area contributed by atoms with Crippen LogP contribution in [0.4, 0.5) is 0 Å². The van der Waals surface area contributed by atoms with Gasteiger partial charge in [0, 0.05) is 6.04 Å². The van der Waals surface area contributed by atoms with Gasteiger partial charge in [0.2, 0.25) is 0 Å². The largest absolute Gasteiger partial charge is 0.391 e. The molecule has 2 atom stereocenters. The second-order valence-electron chi connectivity index (χ2n) is 3.96. The van der Waals surface area contributed by atoms with Gasteiger partial charge >= 0.3 is 0 Å². The van der Waals surface area contributed by atoms with Gasteiger partial charge in [0.15, 0.2) is 0 Å². The van der Waals surface area contributed by atoms with Crippen molar-refractivity contribution in [3.05, 3.63) is 35.9 Å². The molecule has 76 valence electrons. The molecule has 1 saturated heterocycles.